The second-order valence-electron chi connectivity index (χ2n) is 5.97. The lowest BCUT2D eigenvalue weighted by atomic mass is 10.2. The van der Waals surface area contributed by atoms with Crippen LogP contribution in [0.3, 0.4) is 0 Å². The Bertz CT molecular complexity index is 814. The number of methoxy groups -OCH3 is 3. The van der Waals surface area contributed by atoms with E-state index in [-0.39, 0.29) is 12.0 Å². The van der Waals surface area contributed by atoms with Gasteiger partial charge in [0.05, 0.1) is 33.1 Å². The zero-order valence-corrected chi connectivity index (χ0v) is 16.2. The van der Waals surface area contributed by atoms with Crippen molar-refractivity contribution in [3.05, 3.63) is 48.0 Å². The SMILES string of the molecule is COc1ccc(NC(=O)/C=C/c2ccc(OC(C)C)c(OC)c2)c(OC)c1. The molecule has 6 heteroatoms. The fraction of sp³-hybridized carbons (Fsp3) is 0.286. The van der Waals surface area contributed by atoms with E-state index in [0.29, 0.717) is 28.7 Å². The number of carbonyl (C=O) groups is 1. The van der Waals surface area contributed by atoms with Gasteiger partial charge in [-0.1, -0.05) is 6.07 Å². The van der Waals surface area contributed by atoms with E-state index in [1.807, 2.05) is 32.0 Å². The standard InChI is InChI=1S/C21H25NO5/c1-14(2)27-18-10-6-15(12-20(18)26-5)7-11-21(23)22-17-9-8-16(24-3)13-19(17)25-4/h6-14H,1-5H3,(H,22,23)/b11-7+. The van der Waals surface area contributed by atoms with E-state index in [0.717, 1.165) is 5.56 Å². The van der Waals surface area contributed by atoms with Gasteiger partial charge in [0, 0.05) is 12.1 Å². The van der Waals surface area contributed by atoms with Gasteiger partial charge in [-0.25, -0.2) is 0 Å². The van der Waals surface area contributed by atoms with Crippen molar-refractivity contribution < 1.29 is 23.7 Å². The molecule has 0 saturated carbocycles. The molecule has 0 atom stereocenters. The Balaban J connectivity index is 2.10. The Morgan fingerprint density at radius 2 is 1.67 bits per heavy atom. The smallest absolute Gasteiger partial charge is 0.248 e. The van der Waals surface area contributed by atoms with Crippen LogP contribution < -0.4 is 24.3 Å². The molecular formula is C21H25NO5. The van der Waals surface area contributed by atoms with Crippen LogP contribution in [-0.4, -0.2) is 33.3 Å². The first-order valence-electron chi connectivity index (χ1n) is 8.52. The van der Waals surface area contributed by atoms with E-state index in [2.05, 4.69) is 5.32 Å². The van der Waals surface area contributed by atoms with Gasteiger partial charge in [-0.15, -0.1) is 0 Å². The van der Waals surface area contributed by atoms with Crippen LogP contribution in [0.5, 0.6) is 23.0 Å². The molecule has 2 aromatic carbocycles. The predicted octanol–water partition coefficient (Wildman–Crippen LogP) is 4.15. The molecule has 1 N–H and O–H groups in total. The second kappa shape index (κ2) is 9.52. The maximum atomic E-state index is 12.2. The summed E-state index contributed by atoms with van der Waals surface area (Å²) in [6.45, 7) is 3.90. The Hall–Kier alpha value is -3.15. The van der Waals surface area contributed by atoms with Crippen LogP contribution in [0.15, 0.2) is 42.5 Å². The van der Waals surface area contributed by atoms with Gasteiger partial charge in [0.2, 0.25) is 5.91 Å². The summed E-state index contributed by atoms with van der Waals surface area (Å²) in [5.74, 6) is 2.17. The molecule has 0 radical (unpaired) electrons. The molecule has 2 rings (SSSR count). The normalized spacial score (nSPS) is 10.7. The predicted molar refractivity (Wildman–Crippen MR) is 106 cm³/mol. The highest BCUT2D eigenvalue weighted by molar-refractivity contribution is 6.02. The van der Waals surface area contributed by atoms with Gasteiger partial charge in [0.15, 0.2) is 11.5 Å². The number of rotatable bonds is 8. The second-order valence-corrected chi connectivity index (χ2v) is 5.97. The van der Waals surface area contributed by atoms with Crippen LogP contribution in [-0.2, 0) is 4.79 Å². The summed E-state index contributed by atoms with van der Waals surface area (Å²) in [6.07, 6.45) is 3.19. The van der Waals surface area contributed by atoms with Crippen molar-refractivity contribution in [3.8, 4) is 23.0 Å². The quantitative estimate of drug-likeness (QED) is 0.706. The molecule has 0 saturated heterocycles. The summed E-state index contributed by atoms with van der Waals surface area (Å²) in [6, 6.07) is 10.7. The molecule has 144 valence electrons. The van der Waals surface area contributed by atoms with Gasteiger partial charge in [-0.2, -0.15) is 0 Å². The minimum absolute atomic E-state index is 0.0468. The molecular weight excluding hydrogens is 346 g/mol. The molecule has 6 nitrogen and oxygen atoms in total. The summed E-state index contributed by atoms with van der Waals surface area (Å²) in [5.41, 5.74) is 1.38. The van der Waals surface area contributed by atoms with Crippen LogP contribution in [0.25, 0.3) is 6.08 Å². The third-order valence-corrected chi connectivity index (χ3v) is 3.64. The van der Waals surface area contributed by atoms with Crippen LogP contribution in [0, 0.1) is 0 Å². The molecule has 0 unspecified atom stereocenters. The molecule has 1 amide bonds. The number of benzene rings is 2. The molecule has 0 aromatic heterocycles. The average Bonchev–Trinajstić information content (AvgIpc) is 2.67. The third kappa shape index (κ3) is 5.67. The summed E-state index contributed by atoms with van der Waals surface area (Å²) < 4.78 is 21.5. The number of hydrogen-bond donors (Lipinski definition) is 1. The molecule has 27 heavy (non-hydrogen) atoms. The average molecular weight is 371 g/mol. The van der Waals surface area contributed by atoms with Crippen LogP contribution in [0.2, 0.25) is 0 Å². The van der Waals surface area contributed by atoms with E-state index in [1.54, 1.807) is 38.5 Å². The summed E-state index contributed by atoms with van der Waals surface area (Å²) in [4.78, 5) is 12.2. The number of carbonyl (C=O) groups excluding carboxylic acids is 1. The molecule has 2 aromatic rings. The van der Waals surface area contributed by atoms with Crippen molar-refractivity contribution in [2.75, 3.05) is 26.6 Å². The first-order valence-corrected chi connectivity index (χ1v) is 8.52. The zero-order valence-electron chi connectivity index (χ0n) is 16.2. The molecule has 0 fully saturated rings. The zero-order chi connectivity index (χ0) is 19.8. The van der Waals surface area contributed by atoms with Gasteiger partial charge in [0.1, 0.15) is 11.5 Å². The van der Waals surface area contributed by atoms with Gasteiger partial charge in [0.25, 0.3) is 0 Å². The number of hydrogen-bond acceptors (Lipinski definition) is 5. The van der Waals surface area contributed by atoms with Gasteiger partial charge < -0.3 is 24.3 Å². The fourth-order valence-corrected chi connectivity index (χ4v) is 2.39. The summed E-state index contributed by atoms with van der Waals surface area (Å²) in [7, 11) is 4.69. The van der Waals surface area contributed by atoms with Crippen molar-refractivity contribution >= 4 is 17.7 Å². The molecule has 0 heterocycles. The van der Waals surface area contributed by atoms with E-state index in [9.17, 15) is 4.79 Å². The number of amides is 1. The number of anilines is 1. The van der Waals surface area contributed by atoms with Crippen LogP contribution >= 0.6 is 0 Å². The molecule has 0 aliphatic carbocycles. The third-order valence-electron chi connectivity index (χ3n) is 3.64. The largest absolute Gasteiger partial charge is 0.497 e. The maximum absolute atomic E-state index is 12.2. The fourth-order valence-electron chi connectivity index (χ4n) is 2.39. The lowest BCUT2D eigenvalue weighted by Gasteiger charge is -2.13. The first kappa shape index (κ1) is 20.2. The highest BCUT2D eigenvalue weighted by Gasteiger charge is 2.08. The summed E-state index contributed by atoms with van der Waals surface area (Å²) in [5, 5.41) is 2.79. The maximum Gasteiger partial charge on any atom is 0.248 e. The Morgan fingerprint density at radius 3 is 2.30 bits per heavy atom. The monoisotopic (exact) mass is 371 g/mol. The van der Waals surface area contributed by atoms with Gasteiger partial charge >= 0.3 is 0 Å². The van der Waals surface area contributed by atoms with Crippen molar-refractivity contribution in [1.29, 1.82) is 0 Å². The lowest BCUT2D eigenvalue weighted by Crippen LogP contribution is -2.09. The van der Waals surface area contributed by atoms with E-state index < -0.39 is 0 Å². The number of nitrogens with one attached hydrogen (secondary N) is 1. The molecule has 0 spiro atoms. The Labute approximate surface area is 159 Å². The highest BCUT2D eigenvalue weighted by atomic mass is 16.5. The van der Waals surface area contributed by atoms with Crippen molar-refractivity contribution in [1.82, 2.24) is 0 Å². The summed E-state index contributed by atoms with van der Waals surface area (Å²) >= 11 is 0. The first-order chi connectivity index (χ1) is 13.0. The minimum Gasteiger partial charge on any atom is -0.497 e. The Kier molecular flexibility index (Phi) is 7.11. The van der Waals surface area contributed by atoms with E-state index >= 15 is 0 Å². The van der Waals surface area contributed by atoms with E-state index in [4.69, 9.17) is 18.9 Å². The van der Waals surface area contributed by atoms with Crippen molar-refractivity contribution in [2.45, 2.75) is 20.0 Å². The van der Waals surface area contributed by atoms with Crippen LogP contribution in [0.4, 0.5) is 5.69 Å². The highest BCUT2D eigenvalue weighted by Crippen LogP contribution is 2.30. The van der Waals surface area contributed by atoms with Crippen molar-refractivity contribution in [2.24, 2.45) is 0 Å². The van der Waals surface area contributed by atoms with Crippen molar-refractivity contribution in [3.63, 3.8) is 0 Å². The van der Waals surface area contributed by atoms with E-state index in [1.165, 1.54) is 13.2 Å². The molecule has 0 aliphatic heterocycles. The molecule has 0 aliphatic rings. The van der Waals surface area contributed by atoms with Gasteiger partial charge in [-0.3, -0.25) is 4.79 Å². The lowest BCUT2D eigenvalue weighted by molar-refractivity contribution is -0.111. The minimum atomic E-state index is -0.278. The molecule has 0 bridgehead atoms. The topological polar surface area (TPSA) is 66.0 Å². The Morgan fingerprint density at radius 1 is 0.926 bits per heavy atom. The van der Waals surface area contributed by atoms with Gasteiger partial charge in [-0.05, 0) is 49.8 Å². The van der Waals surface area contributed by atoms with Crippen LogP contribution in [0.1, 0.15) is 19.4 Å². The number of ether oxygens (including phenoxy) is 4.